The molecule has 0 fully saturated rings. The topological polar surface area (TPSA) is 81.1 Å². The van der Waals surface area contributed by atoms with Crippen molar-refractivity contribution in [2.24, 2.45) is 5.84 Å². The number of hydrogen-bond donors (Lipinski definition) is 2. The quantitative estimate of drug-likeness (QED) is 0.327. The summed E-state index contributed by atoms with van der Waals surface area (Å²) in [5, 5.41) is 5.16. The van der Waals surface area contributed by atoms with Crippen LogP contribution in [0.4, 0.5) is 5.82 Å². The molecule has 0 atom stereocenters. The van der Waals surface area contributed by atoms with E-state index in [0.717, 1.165) is 17.0 Å². The van der Waals surface area contributed by atoms with Gasteiger partial charge in [0.1, 0.15) is 5.82 Å². The number of rotatable bonds is 5. The van der Waals surface area contributed by atoms with Gasteiger partial charge >= 0.3 is 0 Å². The molecule has 6 nitrogen and oxygen atoms in total. The second kappa shape index (κ2) is 6.92. The lowest BCUT2D eigenvalue weighted by Gasteiger charge is -2.06. The van der Waals surface area contributed by atoms with Crippen molar-refractivity contribution < 1.29 is 0 Å². The van der Waals surface area contributed by atoms with Crippen LogP contribution in [-0.2, 0) is 5.75 Å². The SMILES string of the molecule is NNc1cc(-c2ccccc2)nc2nc(SCc3ccccc3)nn12. The molecule has 0 aliphatic heterocycles. The number of fused-ring (bicyclic) bond motifs is 1. The minimum atomic E-state index is 0.518. The van der Waals surface area contributed by atoms with Crippen LogP contribution in [0.15, 0.2) is 71.9 Å². The Bertz CT molecular complexity index is 985. The molecule has 0 aliphatic rings. The van der Waals surface area contributed by atoms with E-state index in [2.05, 4.69) is 32.6 Å². The van der Waals surface area contributed by atoms with E-state index in [9.17, 15) is 0 Å². The van der Waals surface area contributed by atoms with Gasteiger partial charge in [-0.3, -0.25) is 0 Å². The zero-order chi connectivity index (χ0) is 17.1. The number of nitrogens with zero attached hydrogens (tertiary/aromatic N) is 4. The van der Waals surface area contributed by atoms with Crippen molar-refractivity contribution in [1.82, 2.24) is 19.6 Å². The van der Waals surface area contributed by atoms with Crippen LogP contribution in [0.1, 0.15) is 5.56 Å². The number of nitrogens with one attached hydrogen (secondary N) is 1. The van der Waals surface area contributed by atoms with E-state index >= 15 is 0 Å². The van der Waals surface area contributed by atoms with Crippen molar-refractivity contribution in [2.45, 2.75) is 10.9 Å². The summed E-state index contributed by atoms with van der Waals surface area (Å²) in [5.41, 5.74) is 5.70. The zero-order valence-corrected chi connectivity index (χ0v) is 14.1. The van der Waals surface area contributed by atoms with E-state index in [1.807, 2.05) is 54.6 Å². The molecule has 2 heterocycles. The van der Waals surface area contributed by atoms with Gasteiger partial charge < -0.3 is 5.43 Å². The second-order valence-electron chi connectivity index (χ2n) is 5.42. The number of thioether (sulfide) groups is 1. The fraction of sp³-hybridized carbons (Fsp3) is 0.0556. The number of nitrogen functional groups attached to an aromatic ring is 1. The molecule has 0 aliphatic carbocycles. The molecule has 25 heavy (non-hydrogen) atoms. The lowest BCUT2D eigenvalue weighted by atomic mass is 10.1. The maximum Gasteiger partial charge on any atom is 0.255 e. The number of hydrogen-bond acceptors (Lipinski definition) is 6. The van der Waals surface area contributed by atoms with E-state index in [1.54, 1.807) is 16.3 Å². The Balaban J connectivity index is 1.67. The van der Waals surface area contributed by atoms with Gasteiger partial charge in [-0.1, -0.05) is 72.4 Å². The number of aromatic nitrogens is 4. The van der Waals surface area contributed by atoms with Crippen LogP contribution in [0.5, 0.6) is 0 Å². The Morgan fingerprint density at radius 3 is 2.40 bits per heavy atom. The standard InChI is InChI=1S/C18H16N6S/c19-22-16-11-15(14-9-5-2-6-10-14)20-17-21-18(23-24(16)17)25-12-13-7-3-1-4-8-13/h1-11,22H,12,19H2. The highest BCUT2D eigenvalue weighted by molar-refractivity contribution is 7.98. The fourth-order valence-electron chi connectivity index (χ4n) is 2.49. The number of anilines is 1. The molecule has 4 aromatic rings. The number of nitrogens with two attached hydrogens (primary N) is 1. The molecular formula is C18H16N6S. The molecule has 0 radical (unpaired) electrons. The van der Waals surface area contributed by atoms with Gasteiger partial charge in [-0.25, -0.2) is 10.8 Å². The van der Waals surface area contributed by atoms with E-state index in [0.29, 0.717) is 16.8 Å². The fourth-order valence-corrected chi connectivity index (χ4v) is 3.27. The van der Waals surface area contributed by atoms with Gasteiger partial charge in [0, 0.05) is 17.4 Å². The molecule has 124 valence electrons. The van der Waals surface area contributed by atoms with E-state index in [1.165, 1.54) is 5.56 Å². The smallest absolute Gasteiger partial charge is 0.255 e. The van der Waals surface area contributed by atoms with Gasteiger partial charge in [-0.2, -0.15) is 9.50 Å². The molecule has 2 aromatic heterocycles. The first-order valence-corrected chi connectivity index (χ1v) is 8.78. The predicted octanol–water partition coefficient (Wildman–Crippen LogP) is 3.37. The summed E-state index contributed by atoms with van der Waals surface area (Å²) < 4.78 is 1.62. The molecule has 0 spiro atoms. The average molecular weight is 348 g/mol. The van der Waals surface area contributed by atoms with Crippen LogP contribution in [0.3, 0.4) is 0 Å². The van der Waals surface area contributed by atoms with Crippen molar-refractivity contribution in [3.63, 3.8) is 0 Å². The van der Waals surface area contributed by atoms with Gasteiger partial charge in [0.25, 0.3) is 5.78 Å². The van der Waals surface area contributed by atoms with Gasteiger partial charge in [0.2, 0.25) is 5.16 Å². The van der Waals surface area contributed by atoms with Gasteiger partial charge in [0.05, 0.1) is 5.69 Å². The Morgan fingerprint density at radius 1 is 0.960 bits per heavy atom. The highest BCUT2D eigenvalue weighted by Gasteiger charge is 2.12. The molecule has 7 heteroatoms. The summed E-state index contributed by atoms with van der Waals surface area (Å²) >= 11 is 1.57. The lowest BCUT2D eigenvalue weighted by molar-refractivity contribution is 0.880. The normalized spacial score (nSPS) is 10.9. The van der Waals surface area contributed by atoms with Crippen molar-refractivity contribution in [1.29, 1.82) is 0 Å². The molecular weight excluding hydrogens is 332 g/mol. The highest BCUT2D eigenvalue weighted by Crippen LogP contribution is 2.24. The van der Waals surface area contributed by atoms with Crippen LogP contribution in [0.2, 0.25) is 0 Å². The van der Waals surface area contributed by atoms with Crippen LogP contribution in [-0.4, -0.2) is 19.6 Å². The van der Waals surface area contributed by atoms with Crippen molar-refractivity contribution in [2.75, 3.05) is 5.43 Å². The first-order chi connectivity index (χ1) is 12.3. The zero-order valence-electron chi connectivity index (χ0n) is 13.3. The molecule has 4 rings (SSSR count). The third-order valence-electron chi connectivity index (χ3n) is 3.72. The molecule has 0 saturated carbocycles. The molecule has 3 N–H and O–H groups in total. The third kappa shape index (κ3) is 3.33. The van der Waals surface area contributed by atoms with E-state index in [-0.39, 0.29) is 0 Å². The van der Waals surface area contributed by atoms with Crippen LogP contribution < -0.4 is 11.3 Å². The Morgan fingerprint density at radius 2 is 1.68 bits per heavy atom. The van der Waals surface area contributed by atoms with Crippen LogP contribution in [0, 0.1) is 0 Å². The first kappa shape index (κ1) is 15.6. The first-order valence-electron chi connectivity index (χ1n) is 7.80. The van der Waals surface area contributed by atoms with Gasteiger partial charge in [0.15, 0.2) is 0 Å². The lowest BCUT2D eigenvalue weighted by Crippen LogP contribution is -2.12. The highest BCUT2D eigenvalue weighted by atomic mass is 32.2. The summed E-state index contributed by atoms with van der Waals surface area (Å²) in [7, 11) is 0. The molecule has 2 aromatic carbocycles. The van der Waals surface area contributed by atoms with Crippen molar-refractivity contribution >= 4 is 23.4 Å². The minimum Gasteiger partial charge on any atom is -0.308 e. The van der Waals surface area contributed by atoms with Crippen LogP contribution in [0.25, 0.3) is 17.0 Å². The van der Waals surface area contributed by atoms with Crippen molar-refractivity contribution in [3.8, 4) is 11.3 Å². The summed E-state index contributed by atoms with van der Waals surface area (Å²) in [6.07, 6.45) is 0. The molecule has 0 unspecified atom stereocenters. The van der Waals surface area contributed by atoms with E-state index in [4.69, 9.17) is 5.84 Å². The maximum absolute atomic E-state index is 5.66. The van der Waals surface area contributed by atoms with Gasteiger partial charge in [-0.05, 0) is 5.56 Å². The minimum absolute atomic E-state index is 0.518. The largest absolute Gasteiger partial charge is 0.308 e. The van der Waals surface area contributed by atoms with Crippen LogP contribution >= 0.6 is 11.8 Å². The summed E-state index contributed by atoms with van der Waals surface area (Å²) in [6.45, 7) is 0. The Hall–Kier alpha value is -2.90. The third-order valence-corrected chi connectivity index (χ3v) is 4.63. The summed E-state index contributed by atoms with van der Waals surface area (Å²) in [6, 6.07) is 22.0. The molecule has 0 saturated heterocycles. The van der Waals surface area contributed by atoms with Gasteiger partial charge in [-0.15, -0.1) is 5.10 Å². The van der Waals surface area contributed by atoms with Crippen molar-refractivity contribution in [3.05, 3.63) is 72.3 Å². The maximum atomic E-state index is 5.66. The van der Waals surface area contributed by atoms with E-state index < -0.39 is 0 Å². The monoisotopic (exact) mass is 348 g/mol. The Kier molecular flexibility index (Phi) is 4.32. The number of benzene rings is 2. The predicted molar refractivity (Wildman–Crippen MR) is 100 cm³/mol. The molecule has 0 amide bonds. The second-order valence-corrected chi connectivity index (χ2v) is 6.36. The Labute approximate surface area is 149 Å². The summed E-state index contributed by atoms with van der Waals surface area (Å²) in [5.74, 6) is 7.62. The summed E-state index contributed by atoms with van der Waals surface area (Å²) in [4.78, 5) is 9.14. The number of hydrazine groups is 1. The average Bonchev–Trinajstić information content (AvgIpc) is 3.10. The molecule has 0 bridgehead atoms.